The van der Waals surface area contributed by atoms with Gasteiger partial charge in [-0.25, -0.2) is 0 Å². The molecule has 0 aliphatic carbocycles. The van der Waals surface area contributed by atoms with Gasteiger partial charge in [0.05, 0.1) is 26.3 Å². The van der Waals surface area contributed by atoms with E-state index in [1.165, 1.54) is 0 Å². The molecule has 0 saturated carbocycles. The Bertz CT molecular complexity index is 927. The summed E-state index contributed by atoms with van der Waals surface area (Å²) in [6.07, 6.45) is 1.86. The first kappa shape index (κ1) is 17.3. The first-order valence-corrected chi connectivity index (χ1v) is 8.34. The zero-order valence-corrected chi connectivity index (χ0v) is 15.7. The van der Waals surface area contributed by atoms with E-state index in [1.807, 2.05) is 52.9 Å². The van der Waals surface area contributed by atoms with Crippen LogP contribution in [0.15, 0.2) is 6.20 Å². The van der Waals surface area contributed by atoms with Crippen LogP contribution in [0.25, 0.3) is 5.52 Å². The van der Waals surface area contributed by atoms with Crippen molar-refractivity contribution in [2.24, 2.45) is 5.92 Å². The number of anilines is 2. The molecule has 0 aromatic carbocycles. The van der Waals surface area contributed by atoms with E-state index in [-0.39, 0.29) is 17.4 Å². The number of hydrogen-bond donors (Lipinski definition) is 1. The standard InChI is InChI=1S/C18H24N4O3/c1-9(2)18(5)16(25)22-14(19-18)13-12(15(23)24)11(4)10(3)8-21(13)17(22)20(6)7/h8-9,19H,1-7H3. The van der Waals surface area contributed by atoms with Gasteiger partial charge in [-0.1, -0.05) is 13.8 Å². The van der Waals surface area contributed by atoms with Crippen LogP contribution in [-0.4, -0.2) is 36.1 Å². The minimum atomic E-state index is -1.25. The van der Waals surface area contributed by atoms with Crippen molar-refractivity contribution in [1.82, 2.24) is 4.57 Å². The molecule has 7 heteroatoms. The number of nitrogens with one attached hydrogen (secondary N) is 1. The lowest BCUT2D eigenvalue weighted by atomic mass is 9.88. The third-order valence-corrected chi connectivity index (χ3v) is 5.41. The predicted molar refractivity (Wildman–Crippen MR) is 93.2 cm³/mol. The van der Waals surface area contributed by atoms with Gasteiger partial charge < -0.3 is 15.2 Å². The normalized spacial score (nSPS) is 19.4. The molecule has 1 unspecified atom stereocenters. The van der Waals surface area contributed by atoms with Gasteiger partial charge in [0.15, 0.2) is 5.52 Å². The number of imidazole rings is 1. The fourth-order valence-electron chi connectivity index (χ4n) is 3.45. The topological polar surface area (TPSA) is 81.5 Å². The number of aryl methyl sites for hydroxylation is 1. The van der Waals surface area contributed by atoms with Crippen molar-refractivity contribution in [2.75, 3.05) is 24.3 Å². The van der Waals surface area contributed by atoms with E-state index in [9.17, 15) is 14.7 Å². The highest BCUT2D eigenvalue weighted by Gasteiger charge is 2.52. The highest BCUT2D eigenvalue weighted by Crippen LogP contribution is 2.39. The molecule has 1 atom stereocenters. The molecule has 0 bridgehead atoms. The van der Waals surface area contributed by atoms with Crippen LogP contribution in [0, 0.1) is 19.8 Å². The van der Waals surface area contributed by atoms with Gasteiger partial charge in [-0.2, -0.15) is 4.40 Å². The number of aromatic carboxylic acids is 1. The Morgan fingerprint density at radius 2 is 1.96 bits per heavy atom. The van der Waals surface area contributed by atoms with Crippen molar-refractivity contribution < 1.29 is 19.1 Å². The average Bonchev–Trinajstić information content (AvgIpc) is 2.93. The van der Waals surface area contributed by atoms with Gasteiger partial charge in [-0.3, -0.25) is 9.69 Å². The molecular weight excluding hydrogens is 320 g/mol. The summed E-state index contributed by atoms with van der Waals surface area (Å²) < 4.78 is 3.34. The van der Waals surface area contributed by atoms with Crippen LogP contribution >= 0.6 is 0 Å². The fourth-order valence-corrected chi connectivity index (χ4v) is 3.45. The van der Waals surface area contributed by atoms with Crippen LogP contribution in [0.3, 0.4) is 0 Å². The van der Waals surface area contributed by atoms with Gasteiger partial charge in [0.2, 0.25) is 5.82 Å². The Kier molecular flexibility index (Phi) is 3.60. The maximum Gasteiger partial charge on any atom is 0.373 e. The second-order valence-electron chi connectivity index (χ2n) is 7.48. The third-order valence-electron chi connectivity index (χ3n) is 5.41. The van der Waals surface area contributed by atoms with Crippen molar-refractivity contribution in [2.45, 2.75) is 40.2 Å². The van der Waals surface area contributed by atoms with Crippen molar-refractivity contribution >= 4 is 29.2 Å². The lowest BCUT2D eigenvalue weighted by Gasteiger charge is -2.25. The van der Waals surface area contributed by atoms with Gasteiger partial charge >= 0.3 is 11.9 Å². The molecule has 1 aliphatic heterocycles. The summed E-state index contributed by atoms with van der Waals surface area (Å²) in [6, 6.07) is 0. The van der Waals surface area contributed by atoms with Crippen LogP contribution in [0.1, 0.15) is 47.1 Å². The van der Waals surface area contributed by atoms with E-state index in [1.54, 1.807) is 15.9 Å². The van der Waals surface area contributed by atoms with E-state index < -0.39 is 11.5 Å². The van der Waals surface area contributed by atoms with Crippen LogP contribution < -0.4 is 19.7 Å². The summed E-state index contributed by atoms with van der Waals surface area (Å²) in [5.74, 6) is -0.188. The molecule has 1 aliphatic rings. The molecular formula is C18H24N4O3. The lowest BCUT2D eigenvalue weighted by molar-refractivity contribution is -0.498. The first-order chi connectivity index (χ1) is 11.5. The molecule has 0 fully saturated rings. The zero-order chi connectivity index (χ0) is 18.8. The molecule has 3 rings (SSSR count). The SMILES string of the molecule is Cc1c[n+]2c(N(C)C)n3c(c2c(C(=O)[O-])c1C)NC(C)(C(C)C)C3=O. The molecule has 0 radical (unpaired) electrons. The Hall–Kier alpha value is -2.57. The van der Waals surface area contributed by atoms with Gasteiger partial charge in [-0.15, -0.1) is 4.57 Å². The number of pyridine rings is 1. The highest BCUT2D eigenvalue weighted by atomic mass is 16.4. The van der Waals surface area contributed by atoms with Gasteiger partial charge in [0, 0.05) is 5.56 Å². The van der Waals surface area contributed by atoms with Crippen molar-refractivity contribution in [3.05, 3.63) is 22.9 Å². The molecule has 2 aromatic heterocycles. The number of hydrogen-bond acceptors (Lipinski definition) is 5. The summed E-state index contributed by atoms with van der Waals surface area (Å²) in [5, 5.41) is 15.2. The largest absolute Gasteiger partial charge is 0.545 e. The minimum Gasteiger partial charge on any atom is -0.545 e. The Labute approximate surface area is 146 Å². The summed E-state index contributed by atoms with van der Waals surface area (Å²) in [7, 11) is 3.67. The second-order valence-corrected chi connectivity index (χ2v) is 7.48. The number of nitrogens with zero attached hydrogens (tertiary/aromatic N) is 3. The number of aromatic nitrogens is 2. The fraction of sp³-hybridized carbons (Fsp3) is 0.500. The molecule has 0 saturated heterocycles. The number of rotatable bonds is 3. The smallest absolute Gasteiger partial charge is 0.373 e. The number of carbonyl (C=O) groups excluding carboxylic acids is 2. The van der Waals surface area contributed by atoms with Crippen LogP contribution in [0.5, 0.6) is 0 Å². The van der Waals surface area contributed by atoms with Crippen LogP contribution in [0.4, 0.5) is 11.8 Å². The second kappa shape index (κ2) is 5.21. The Morgan fingerprint density at radius 1 is 1.36 bits per heavy atom. The minimum absolute atomic E-state index is 0.0351. The van der Waals surface area contributed by atoms with Gasteiger partial charge in [0.1, 0.15) is 5.54 Å². The molecule has 25 heavy (non-hydrogen) atoms. The molecule has 7 nitrogen and oxygen atoms in total. The van der Waals surface area contributed by atoms with Gasteiger partial charge in [-0.05, 0) is 37.8 Å². The Morgan fingerprint density at radius 3 is 2.44 bits per heavy atom. The van der Waals surface area contributed by atoms with E-state index in [2.05, 4.69) is 5.32 Å². The molecule has 2 aromatic rings. The molecule has 0 spiro atoms. The molecule has 3 heterocycles. The maximum absolute atomic E-state index is 13.2. The Balaban J connectivity index is 2.51. The average molecular weight is 344 g/mol. The summed E-state index contributed by atoms with van der Waals surface area (Å²) in [4.78, 5) is 26.9. The van der Waals surface area contributed by atoms with E-state index in [0.717, 1.165) is 5.56 Å². The van der Waals surface area contributed by atoms with E-state index in [0.29, 0.717) is 22.8 Å². The predicted octanol–water partition coefficient (Wildman–Crippen LogP) is 0.754. The number of carboxylic acids is 1. The quantitative estimate of drug-likeness (QED) is 0.831. The summed E-state index contributed by atoms with van der Waals surface area (Å²) >= 11 is 0. The van der Waals surface area contributed by atoms with E-state index in [4.69, 9.17) is 0 Å². The van der Waals surface area contributed by atoms with Crippen molar-refractivity contribution in [1.29, 1.82) is 0 Å². The zero-order valence-electron chi connectivity index (χ0n) is 15.7. The van der Waals surface area contributed by atoms with Crippen LogP contribution in [-0.2, 0) is 0 Å². The van der Waals surface area contributed by atoms with E-state index >= 15 is 0 Å². The van der Waals surface area contributed by atoms with Crippen LogP contribution in [0.2, 0.25) is 0 Å². The van der Waals surface area contributed by atoms with Crippen molar-refractivity contribution in [3.8, 4) is 0 Å². The lowest BCUT2D eigenvalue weighted by Crippen LogP contribution is -2.46. The number of carboxylic acid groups (broad SMARTS) is 1. The van der Waals surface area contributed by atoms with Gasteiger partial charge in [0.25, 0.3) is 0 Å². The summed E-state index contributed by atoms with van der Waals surface area (Å²) in [6.45, 7) is 9.40. The number of carbonyl (C=O) groups is 2. The molecule has 134 valence electrons. The third kappa shape index (κ3) is 2.08. The van der Waals surface area contributed by atoms with Crippen molar-refractivity contribution in [3.63, 3.8) is 0 Å². The first-order valence-electron chi connectivity index (χ1n) is 8.34. The maximum atomic E-state index is 13.2. The summed E-state index contributed by atoms with van der Waals surface area (Å²) in [5.41, 5.74) is 1.25. The molecule has 1 N–H and O–H groups in total. The number of fused-ring (bicyclic) bond motifs is 3. The monoisotopic (exact) mass is 344 g/mol. The molecule has 0 amide bonds. The highest BCUT2D eigenvalue weighted by molar-refractivity contribution is 6.07.